The third kappa shape index (κ3) is 2.22. The van der Waals surface area contributed by atoms with E-state index in [4.69, 9.17) is 9.47 Å². The van der Waals surface area contributed by atoms with Crippen molar-refractivity contribution in [3.05, 3.63) is 0 Å². The van der Waals surface area contributed by atoms with Gasteiger partial charge in [-0.1, -0.05) is 13.8 Å². The Bertz CT molecular complexity index is 303. The molecular formula is C13H22O3S. The molecule has 1 saturated carbocycles. The predicted molar refractivity (Wildman–Crippen MR) is 69.1 cm³/mol. The van der Waals surface area contributed by atoms with Crippen LogP contribution in [0.5, 0.6) is 0 Å². The molecule has 0 aromatic heterocycles. The van der Waals surface area contributed by atoms with Crippen LogP contribution in [0.15, 0.2) is 0 Å². The van der Waals surface area contributed by atoms with Crippen LogP contribution in [0, 0.1) is 11.3 Å². The fourth-order valence-electron chi connectivity index (χ4n) is 3.03. The van der Waals surface area contributed by atoms with Gasteiger partial charge < -0.3 is 9.47 Å². The Morgan fingerprint density at radius 2 is 2.24 bits per heavy atom. The molecule has 3 nitrogen and oxygen atoms in total. The number of fused-ring (bicyclic) bond motifs is 1. The predicted octanol–water partition coefficient (Wildman–Crippen LogP) is 2.48. The van der Waals surface area contributed by atoms with Crippen molar-refractivity contribution in [1.82, 2.24) is 0 Å². The van der Waals surface area contributed by atoms with Gasteiger partial charge in [-0.2, -0.15) is 11.8 Å². The monoisotopic (exact) mass is 258 g/mol. The van der Waals surface area contributed by atoms with Crippen molar-refractivity contribution in [2.45, 2.75) is 51.1 Å². The lowest BCUT2D eigenvalue weighted by Crippen LogP contribution is -2.65. The molecule has 0 aromatic rings. The molecule has 4 atom stereocenters. The highest BCUT2D eigenvalue weighted by Gasteiger charge is 2.60. The molecule has 1 aliphatic carbocycles. The first kappa shape index (κ1) is 13.2. The highest BCUT2D eigenvalue weighted by Crippen LogP contribution is 2.53. The second-order valence-electron chi connectivity index (χ2n) is 5.65. The normalized spacial score (nSPS) is 36.6. The standard InChI is InChI=1S/C13H22O3S/c1-8(17-4)12(14)16-11-9-6-5-7-15-10(9)13(11,2)3/h8-11H,5-7H2,1-4H3/t8-,9-,10-,11-/m1/s1. The van der Waals surface area contributed by atoms with Crippen molar-refractivity contribution in [2.24, 2.45) is 11.3 Å². The molecule has 0 spiro atoms. The molecule has 0 amide bonds. The van der Waals surface area contributed by atoms with E-state index in [1.165, 1.54) is 11.8 Å². The van der Waals surface area contributed by atoms with Crippen LogP contribution in [0.4, 0.5) is 0 Å². The minimum atomic E-state index is -0.0837. The largest absolute Gasteiger partial charge is 0.460 e. The van der Waals surface area contributed by atoms with E-state index in [-0.39, 0.29) is 28.8 Å². The summed E-state index contributed by atoms with van der Waals surface area (Å²) >= 11 is 1.53. The Morgan fingerprint density at radius 3 is 2.88 bits per heavy atom. The van der Waals surface area contributed by atoms with E-state index in [1.54, 1.807) is 0 Å². The van der Waals surface area contributed by atoms with Crippen LogP contribution in [0.1, 0.15) is 33.6 Å². The van der Waals surface area contributed by atoms with Crippen LogP contribution in [0.3, 0.4) is 0 Å². The van der Waals surface area contributed by atoms with Gasteiger partial charge in [0.15, 0.2) is 0 Å². The molecule has 2 rings (SSSR count). The summed E-state index contributed by atoms with van der Waals surface area (Å²) in [6, 6.07) is 0. The first-order chi connectivity index (χ1) is 7.98. The van der Waals surface area contributed by atoms with Gasteiger partial charge >= 0.3 is 5.97 Å². The van der Waals surface area contributed by atoms with Gasteiger partial charge in [-0.15, -0.1) is 0 Å². The van der Waals surface area contributed by atoms with Crippen LogP contribution in [-0.2, 0) is 14.3 Å². The van der Waals surface area contributed by atoms with Gasteiger partial charge in [0.05, 0.1) is 11.4 Å². The highest BCUT2D eigenvalue weighted by atomic mass is 32.2. The summed E-state index contributed by atoms with van der Waals surface area (Å²) in [6.07, 6.45) is 4.46. The van der Waals surface area contributed by atoms with Crippen molar-refractivity contribution >= 4 is 17.7 Å². The van der Waals surface area contributed by atoms with Gasteiger partial charge in [0, 0.05) is 17.9 Å². The van der Waals surface area contributed by atoms with Gasteiger partial charge in [0.1, 0.15) is 6.10 Å². The zero-order valence-electron chi connectivity index (χ0n) is 11.1. The van der Waals surface area contributed by atoms with Crippen LogP contribution >= 0.6 is 11.8 Å². The zero-order valence-corrected chi connectivity index (χ0v) is 11.9. The van der Waals surface area contributed by atoms with Gasteiger partial charge in [-0.3, -0.25) is 4.79 Å². The fraction of sp³-hybridized carbons (Fsp3) is 0.923. The van der Waals surface area contributed by atoms with Gasteiger partial charge in [0.2, 0.25) is 0 Å². The molecule has 98 valence electrons. The van der Waals surface area contributed by atoms with Crippen molar-refractivity contribution in [1.29, 1.82) is 0 Å². The van der Waals surface area contributed by atoms with Gasteiger partial charge in [0.25, 0.3) is 0 Å². The van der Waals surface area contributed by atoms with Crippen LogP contribution in [-0.4, -0.2) is 36.3 Å². The summed E-state index contributed by atoms with van der Waals surface area (Å²) < 4.78 is 11.5. The number of carbonyl (C=O) groups is 1. The zero-order chi connectivity index (χ0) is 12.6. The number of hydrogen-bond donors (Lipinski definition) is 0. The Labute approximate surface area is 108 Å². The quantitative estimate of drug-likeness (QED) is 0.729. The summed E-state index contributed by atoms with van der Waals surface area (Å²) in [7, 11) is 0. The second kappa shape index (κ2) is 4.81. The average molecular weight is 258 g/mol. The molecule has 17 heavy (non-hydrogen) atoms. The number of rotatable bonds is 3. The second-order valence-corrected chi connectivity index (χ2v) is 6.83. The molecule has 0 unspecified atom stereocenters. The number of esters is 1. The summed E-state index contributed by atoms with van der Waals surface area (Å²) in [5.41, 5.74) is -0.0289. The third-order valence-corrected chi connectivity index (χ3v) is 5.05. The maximum atomic E-state index is 11.9. The highest BCUT2D eigenvalue weighted by molar-refractivity contribution is 7.99. The van der Waals surface area contributed by atoms with E-state index in [0.29, 0.717) is 5.92 Å². The summed E-state index contributed by atoms with van der Waals surface area (Å²) in [5.74, 6) is 0.330. The van der Waals surface area contributed by atoms with Gasteiger partial charge in [-0.05, 0) is 26.0 Å². The molecule has 0 radical (unpaired) electrons. The van der Waals surface area contributed by atoms with E-state index >= 15 is 0 Å². The first-order valence-corrected chi connectivity index (χ1v) is 7.62. The fourth-order valence-corrected chi connectivity index (χ4v) is 3.28. The molecule has 4 heteroatoms. The Morgan fingerprint density at radius 1 is 1.53 bits per heavy atom. The molecule has 0 bridgehead atoms. The molecule has 2 aliphatic rings. The smallest absolute Gasteiger partial charge is 0.319 e. The minimum Gasteiger partial charge on any atom is -0.460 e. The lowest BCUT2D eigenvalue weighted by molar-refractivity contribution is -0.254. The third-order valence-electron chi connectivity index (χ3n) is 4.15. The Hall–Kier alpha value is -0.220. The number of ether oxygens (including phenoxy) is 2. The number of thioether (sulfide) groups is 1. The summed E-state index contributed by atoms with van der Waals surface area (Å²) in [4.78, 5) is 11.9. The SMILES string of the molecule is CS[C@H](C)C(=O)O[C@@H]1[C@@H]2CCCO[C@H]2C1(C)C. The molecule has 2 fully saturated rings. The minimum absolute atomic E-state index is 0.0289. The van der Waals surface area contributed by atoms with Crippen LogP contribution < -0.4 is 0 Å². The molecule has 0 N–H and O–H groups in total. The maximum absolute atomic E-state index is 11.9. The van der Waals surface area contributed by atoms with Crippen LogP contribution in [0.2, 0.25) is 0 Å². The van der Waals surface area contributed by atoms with Crippen LogP contribution in [0.25, 0.3) is 0 Å². The van der Waals surface area contributed by atoms with Crippen molar-refractivity contribution < 1.29 is 14.3 Å². The lowest BCUT2D eigenvalue weighted by atomic mass is 9.57. The topological polar surface area (TPSA) is 35.5 Å². The van der Waals surface area contributed by atoms with Gasteiger partial charge in [-0.25, -0.2) is 0 Å². The summed E-state index contributed by atoms with van der Waals surface area (Å²) in [5, 5.41) is -0.0747. The molecule has 0 aromatic carbocycles. The Kier molecular flexibility index (Phi) is 3.74. The maximum Gasteiger partial charge on any atom is 0.319 e. The van der Waals surface area contributed by atoms with E-state index in [0.717, 1.165) is 19.4 Å². The molecule has 1 aliphatic heterocycles. The van der Waals surface area contributed by atoms with Crippen molar-refractivity contribution in [3.63, 3.8) is 0 Å². The first-order valence-electron chi connectivity index (χ1n) is 6.33. The lowest BCUT2D eigenvalue weighted by Gasteiger charge is -2.58. The molecular weight excluding hydrogens is 236 g/mol. The van der Waals surface area contributed by atoms with Crippen molar-refractivity contribution in [3.8, 4) is 0 Å². The number of carbonyl (C=O) groups excluding carboxylic acids is 1. The van der Waals surface area contributed by atoms with E-state index < -0.39 is 0 Å². The molecule has 1 saturated heterocycles. The van der Waals surface area contributed by atoms with E-state index in [2.05, 4.69) is 13.8 Å². The van der Waals surface area contributed by atoms with E-state index in [9.17, 15) is 4.79 Å². The number of hydrogen-bond acceptors (Lipinski definition) is 4. The van der Waals surface area contributed by atoms with Crippen molar-refractivity contribution in [2.75, 3.05) is 12.9 Å². The summed E-state index contributed by atoms with van der Waals surface area (Å²) in [6.45, 7) is 7.03. The molecule has 1 heterocycles. The average Bonchev–Trinajstić information content (AvgIpc) is 2.34. The van der Waals surface area contributed by atoms with E-state index in [1.807, 2.05) is 13.2 Å². The Balaban J connectivity index is 1.99.